The highest BCUT2D eigenvalue weighted by Crippen LogP contribution is 2.26. The third kappa shape index (κ3) is 7.20. The van der Waals surface area contributed by atoms with E-state index in [0.717, 1.165) is 24.1 Å². The minimum atomic E-state index is -4.73. The average Bonchev–Trinajstić information content (AvgIpc) is 3.01. The van der Waals surface area contributed by atoms with Gasteiger partial charge >= 0.3 is 6.36 Å². The van der Waals surface area contributed by atoms with Crippen molar-refractivity contribution in [2.75, 3.05) is 13.1 Å². The molecular weight excluding hydrogens is 359 g/mol. The van der Waals surface area contributed by atoms with Crippen LogP contribution in [0.3, 0.4) is 0 Å². The van der Waals surface area contributed by atoms with Crippen LogP contribution in [0, 0.1) is 6.92 Å². The number of hydrogen-bond acceptors (Lipinski definition) is 3. The Morgan fingerprint density at radius 2 is 2.00 bits per heavy atom. The second-order valence-corrected chi connectivity index (χ2v) is 5.90. The lowest BCUT2D eigenvalue weighted by atomic mass is 10.1. The summed E-state index contributed by atoms with van der Waals surface area (Å²) in [6.45, 7) is 5.29. The van der Waals surface area contributed by atoms with E-state index in [1.54, 1.807) is 12.1 Å². The fourth-order valence-electron chi connectivity index (χ4n) is 2.48. The molecule has 148 valence electrons. The van der Waals surface area contributed by atoms with E-state index < -0.39 is 6.36 Å². The smallest absolute Gasteiger partial charge is 0.405 e. The zero-order chi connectivity index (χ0) is 19.7. The number of aromatic nitrogens is 2. The highest BCUT2D eigenvalue weighted by atomic mass is 19.4. The molecule has 27 heavy (non-hydrogen) atoms. The van der Waals surface area contributed by atoms with Crippen LogP contribution in [0.1, 0.15) is 30.2 Å². The minimum Gasteiger partial charge on any atom is -0.405 e. The number of H-pyrrole nitrogens is 1. The maximum Gasteiger partial charge on any atom is 0.573 e. The van der Waals surface area contributed by atoms with E-state index in [4.69, 9.17) is 0 Å². The highest BCUT2D eigenvalue weighted by molar-refractivity contribution is 5.79. The Morgan fingerprint density at radius 1 is 1.22 bits per heavy atom. The molecule has 0 spiro atoms. The summed E-state index contributed by atoms with van der Waals surface area (Å²) >= 11 is 0. The molecule has 0 amide bonds. The van der Waals surface area contributed by atoms with Crippen molar-refractivity contribution in [2.45, 2.75) is 39.6 Å². The molecule has 0 unspecified atom stereocenters. The van der Waals surface area contributed by atoms with Crippen molar-refractivity contribution in [2.24, 2.45) is 4.99 Å². The first-order valence-corrected chi connectivity index (χ1v) is 8.73. The lowest BCUT2D eigenvalue weighted by Crippen LogP contribution is -2.37. The van der Waals surface area contributed by atoms with Crippen LogP contribution in [-0.2, 0) is 13.0 Å². The molecule has 2 rings (SSSR count). The maximum atomic E-state index is 12.5. The third-order valence-electron chi connectivity index (χ3n) is 3.80. The number of nitrogens with one attached hydrogen (secondary N) is 3. The zero-order valence-corrected chi connectivity index (χ0v) is 15.4. The molecule has 0 aliphatic carbocycles. The van der Waals surface area contributed by atoms with Crippen LogP contribution < -0.4 is 15.4 Å². The van der Waals surface area contributed by atoms with E-state index in [2.05, 4.69) is 30.6 Å². The average molecular weight is 383 g/mol. The molecule has 2 aromatic rings. The summed E-state index contributed by atoms with van der Waals surface area (Å²) in [6.07, 6.45) is -1.17. The van der Waals surface area contributed by atoms with Gasteiger partial charge in [-0.1, -0.05) is 18.2 Å². The van der Waals surface area contributed by atoms with Gasteiger partial charge in [0.05, 0.1) is 12.7 Å². The first kappa shape index (κ1) is 20.6. The lowest BCUT2D eigenvalue weighted by molar-refractivity contribution is -0.274. The standard InChI is InChI=1S/C18H24F3N5O/c1-3-22-17(23-10-6-8-14-12-25-26-13(14)2)24-11-15-7-4-5-9-16(15)27-18(19,20)21/h4-5,7,9,12H,3,6,8,10-11H2,1-2H3,(H,25,26)(H2,22,23,24). The Kier molecular flexibility index (Phi) is 7.51. The molecule has 1 aromatic heterocycles. The topological polar surface area (TPSA) is 74.3 Å². The van der Waals surface area contributed by atoms with E-state index in [9.17, 15) is 13.2 Å². The predicted molar refractivity (Wildman–Crippen MR) is 97.6 cm³/mol. The molecule has 3 N–H and O–H groups in total. The Morgan fingerprint density at radius 3 is 2.67 bits per heavy atom. The fourth-order valence-corrected chi connectivity index (χ4v) is 2.48. The Labute approximate surface area is 156 Å². The normalized spacial score (nSPS) is 12.1. The van der Waals surface area contributed by atoms with Crippen molar-refractivity contribution in [3.63, 3.8) is 0 Å². The maximum absolute atomic E-state index is 12.5. The van der Waals surface area contributed by atoms with Crippen molar-refractivity contribution in [3.05, 3.63) is 47.3 Å². The van der Waals surface area contributed by atoms with Gasteiger partial charge in [-0.25, -0.2) is 4.99 Å². The second-order valence-electron chi connectivity index (χ2n) is 5.90. The largest absolute Gasteiger partial charge is 0.573 e. The highest BCUT2D eigenvalue weighted by Gasteiger charge is 2.31. The minimum absolute atomic E-state index is 0.0719. The van der Waals surface area contributed by atoms with Crippen molar-refractivity contribution >= 4 is 5.96 Å². The summed E-state index contributed by atoms with van der Waals surface area (Å²) in [6, 6.07) is 6.00. The number of halogens is 3. The molecular formula is C18H24F3N5O. The SMILES string of the molecule is CCNC(=NCc1ccccc1OC(F)(F)F)NCCCc1cn[nH]c1C. The van der Waals surface area contributed by atoms with Crippen LogP contribution in [0.25, 0.3) is 0 Å². The van der Waals surface area contributed by atoms with Gasteiger partial charge in [-0.15, -0.1) is 13.2 Å². The van der Waals surface area contributed by atoms with Gasteiger partial charge in [-0.2, -0.15) is 5.10 Å². The summed E-state index contributed by atoms with van der Waals surface area (Å²) in [5.74, 6) is 0.309. The number of nitrogens with zero attached hydrogens (tertiary/aromatic N) is 2. The fraction of sp³-hybridized carbons (Fsp3) is 0.444. The molecule has 6 nitrogen and oxygen atoms in total. The van der Waals surface area contributed by atoms with E-state index in [-0.39, 0.29) is 12.3 Å². The van der Waals surface area contributed by atoms with Crippen LogP contribution >= 0.6 is 0 Å². The molecule has 0 saturated heterocycles. The van der Waals surface area contributed by atoms with Gasteiger partial charge in [0.15, 0.2) is 5.96 Å². The molecule has 0 saturated carbocycles. The van der Waals surface area contributed by atoms with Crippen molar-refractivity contribution < 1.29 is 17.9 Å². The van der Waals surface area contributed by atoms with Crippen LogP contribution in [0.2, 0.25) is 0 Å². The number of ether oxygens (including phenoxy) is 1. The lowest BCUT2D eigenvalue weighted by Gasteiger charge is -2.14. The van der Waals surface area contributed by atoms with Crippen LogP contribution in [-0.4, -0.2) is 35.6 Å². The van der Waals surface area contributed by atoms with Crippen molar-refractivity contribution in [1.82, 2.24) is 20.8 Å². The van der Waals surface area contributed by atoms with Crippen LogP contribution in [0.4, 0.5) is 13.2 Å². The predicted octanol–water partition coefficient (Wildman–Crippen LogP) is 3.30. The monoisotopic (exact) mass is 383 g/mol. The first-order valence-electron chi connectivity index (χ1n) is 8.73. The summed E-state index contributed by atoms with van der Waals surface area (Å²) < 4.78 is 41.6. The number of aliphatic imine (C=N–C) groups is 1. The zero-order valence-electron chi connectivity index (χ0n) is 15.4. The molecule has 1 aromatic carbocycles. The molecule has 0 aliphatic heterocycles. The number of rotatable bonds is 8. The van der Waals surface area contributed by atoms with Gasteiger partial charge < -0.3 is 15.4 Å². The molecule has 0 bridgehead atoms. The number of para-hydroxylation sites is 1. The summed E-state index contributed by atoms with van der Waals surface area (Å²) in [7, 11) is 0. The number of hydrogen-bond donors (Lipinski definition) is 3. The quantitative estimate of drug-likeness (QED) is 0.371. The summed E-state index contributed by atoms with van der Waals surface area (Å²) in [5.41, 5.74) is 2.58. The molecule has 0 aliphatic rings. The van der Waals surface area contributed by atoms with Crippen molar-refractivity contribution in [3.8, 4) is 5.75 Å². The van der Waals surface area contributed by atoms with Crippen LogP contribution in [0.5, 0.6) is 5.75 Å². The number of alkyl halides is 3. The van der Waals surface area contributed by atoms with Gasteiger partial charge in [-0.3, -0.25) is 5.10 Å². The summed E-state index contributed by atoms with van der Waals surface area (Å²) in [5, 5.41) is 13.2. The van der Waals surface area contributed by atoms with Gasteiger partial charge in [0, 0.05) is 24.3 Å². The molecule has 1 heterocycles. The number of aromatic amines is 1. The number of guanidine groups is 1. The van der Waals surface area contributed by atoms with Gasteiger partial charge in [0.25, 0.3) is 0 Å². The molecule has 9 heteroatoms. The number of aryl methyl sites for hydroxylation is 2. The molecule has 0 fully saturated rings. The third-order valence-corrected chi connectivity index (χ3v) is 3.80. The second kappa shape index (κ2) is 9.84. The Balaban J connectivity index is 1.92. The summed E-state index contributed by atoms with van der Waals surface area (Å²) in [4.78, 5) is 4.36. The van der Waals surface area contributed by atoms with Crippen molar-refractivity contribution in [1.29, 1.82) is 0 Å². The molecule has 0 radical (unpaired) electrons. The van der Waals surface area contributed by atoms with E-state index in [0.29, 0.717) is 24.6 Å². The molecule has 0 atom stereocenters. The van der Waals surface area contributed by atoms with Crippen LogP contribution in [0.15, 0.2) is 35.5 Å². The van der Waals surface area contributed by atoms with E-state index >= 15 is 0 Å². The number of benzene rings is 1. The Bertz CT molecular complexity index is 743. The Hall–Kier alpha value is -2.71. The van der Waals surface area contributed by atoms with Gasteiger partial charge in [0.2, 0.25) is 0 Å². The van der Waals surface area contributed by atoms with Gasteiger partial charge in [-0.05, 0) is 38.3 Å². The first-order chi connectivity index (χ1) is 12.9. The van der Waals surface area contributed by atoms with E-state index in [1.807, 2.05) is 20.0 Å². The van der Waals surface area contributed by atoms with Gasteiger partial charge in [0.1, 0.15) is 5.75 Å². The van der Waals surface area contributed by atoms with E-state index in [1.165, 1.54) is 12.1 Å².